The van der Waals surface area contributed by atoms with Crippen LogP contribution in [0.1, 0.15) is 85.3 Å². The summed E-state index contributed by atoms with van der Waals surface area (Å²) in [7, 11) is 4.06. The number of hydrogen-bond acceptors (Lipinski definition) is 11. The van der Waals surface area contributed by atoms with Gasteiger partial charge in [-0.1, -0.05) is 97.4 Å². The molecule has 1 saturated heterocycles. The molecule has 16 nitrogen and oxygen atoms in total. The first-order valence-electron chi connectivity index (χ1n) is 22.4. The normalized spacial score (nSPS) is 18.1. The lowest BCUT2D eigenvalue weighted by Crippen LogP contribution is -2.59. The second-order valence-corrected chi connectivity index (χ2v) is 19.7. The van der Waals surface area contributed by atoms with E-state index in [1.165, 1.54) is 26.4 Å². The lowest BCUT2D eigenvalue weighted by atomic mass is 9.89. The molecule has 0 saturated carbocycles. The van der Waals surface area contributed by atoms with Crippen LogP contribution in [0.4, 0.5) is 0 Å². The smallest absolute Gasteiger partial charge is 0.264 e. The van der Waals surface area contributed by atoms with Gasteiger partial charge in [0.1, 0.15) is 12.1 Å². The minimum absolute atomic E-state index is 0.00396. The average Bonchev–Trinajstić information content (AvgIpc) is 3.74. The summed E-state index contributed by atoms with van der Waals surface area (Å²) >= 11 is 0. The number of hydrogen-bond donors (Lipinski definition) is 4. The molecule has 1 unspecified atom stereocenters. The van der Waals surface area contributed by atoms with Gasteiger partial charge in [-0.3, -0.25) is 28.9 Å². The molecule has 5 amide bonds. The first-order chi connectivity index (χ1) is 30.1. The quantitative estimate of drug-likeness (QED) is 0.120. The summed E-state index contributed by atoms with van der Waals surface area (Å²) in [6.07, 6.45) is 0.325. The maximum Gasteiger partial charge on any atom is 0.264 e. The van der Waals surface area contributed by atoms with Gasteiger partial charge in [0.15, 0.2) is 0 Å². The highest BCUT2D eigenvalue weighted by Gasteiger charge is 2.43. The van der Waals surface area contributed by atoms with E-state index in [0.717, 1.165) is 5.56 Å². The molecule has 358 valence electrons. The van der Waals surface area contributed by atoms with Crippen LogP contribution < -0.4 is 21.1 Å². The molecule has 64 heavy (non-hydrogen) atoms. The highest BCUT2D eigenvalue weighted by Crippen LogP contribution is 2.30. The van der Waals surface area contributed by atoms with Gasteiger partial charge in [-0.15, -0.1) is 0 Å². The molecule has 0 radical (unpaired) electrons. The summed E-state index contributed by atoms with van der Waals surface area (Å²) in [6, 6.07) is 11.2. The number of sulfonamides is 1. The van der Waals surface area contributed by atoms with Crippen molar-refractivity contribution in [3.8, 4) is 0 Å². The zero-order valence-corrected chi connectivity index (χ0v) is 40.8. The van der Waals surface area contributed by atoms with E-state index in [-0.39, 0.29) is 59.8 Å². The van der Waals surface area contributed by atoms with Crippen molar-refractivity contribution < 1.29 is 41.9 Å². The van der Waals surface area contributed by atoms with E-state index in [2.05, 4.69) is 15.4 Å². The standard InChI is InChI=1S/C47H75N7O9S/c1-13-31(6)42(53(10)47(59)40(29(2)3)50-46(58)41(30(4)5)52(8)9)38(62-11)27-39(55)54-25-17-20-37(54)43(63-12)32(7)44(56)49-36(26-33-18-15-14-16-19-33)45(57)51-64(60,61)35-23-21-34(28-48)22-24-35/h14-16,18-19,21-24,29-32,36-38,40-43H,13,17,20,25-28,48H2,1-12H3,(H,49,56)(H,50,58)(H,51,57)/t31-,32+,36-,37-,38+,40?,41-,42-,43+/m0/s1. The van der Waals surface area contributed by atoms with Gasteiger partial charge < -0.3 is 35.6 Å². The largest absolute Gasteiger partial charge is 0.379 e. The van der Waals surface area contributed by atoms with Gasteiger partial charge >= 0.3 is 0 Å². The number of nitrogens with one attached hydrogen (secondary N) is 3. The van der Waals surface area contributed by atoms with Crippen LogP contribution in [0.15, 0.2) is 59.5 Å². The number of nitrogens with zero attached hydrogens (tertiary/aromatic N) is 3. The summed E-state index contributed by atoms with van der Waals surface area (Å²) in [6.45, 7) is 14.0. The summed E-state index contributed by atoms with van der Waals surface area (Å²) in [5, 5.41) is 5.80. The van der Waals surface area contributed by atoms with Crippen molar-refractivity contribution in [2.75, 3.05) is 41.9 Å². The number of likely N-dealkylation sites (N-methyl/N-ethyl adjacent to an activating group) is 2. The molecule has 5 N–H and O–H groups in total. The molecule has 0 bridgehead atoms. The molecule has 0 aliphatic carbocycles. The Morgan fingerprint density at radius 1 is 0.828 bits per heavy atom. The molecular weight excluding hydrogens is 839 g/mol. The van der Waals surface area contributed by atoms with Crippen LogP contribution in [0, 0.1) is 23.7 Å². The number of amides is 5. The molecule has 17 heteroatoms. The molecular formula is C47H75N7O9S. The second kappa shape index (κ2) is 24.8. The van der Waals surface area contributed by atoms with Crippen LogP contribution in [-0.2, 0) is 56.4 Å². The topological polar surface area (TPSA) is 210 Å². The lowest BCUT2D eigenvalue weighted by Gasteiger charge is -2.41. The van der Waals surface area contributed by atoms with E-state index in [0.29, 0.717) is 31.4 Å². The van der Waals surface area contributed by atoms with Crippen LogP contribution in [0.3, 0.4) is 0 Å². The molecule has 1 fully saturated rings. The maximum absolute atomic E-state index is 14.4. The SMILES string of the molecule is CC[C@H](C)[C@@H]([C@@H](CC(=O)N1CCC[C@H]1[C@H](OC)[C@@H](C)C(=O)N[C@@H](Cc1ccccc1)C(=O)NS(=O)(=O)c1ccc(CN)cc1)OC)N(C)C(=O)C(NC(=O)[C@H](C(C)C)N(C)C)C(C)C. The van der Waals surface area contributed by atoms with Gasteiger partial charge in [-0.2, -0.15) is 0 Å². The fraction of sp³-hybridized carbons (Fsp3) is 0.638. The van der Waals surface area contributed by atoms with Crippen LogP contribution in [0.5, 0.6) is 0 Å². The number of ether oxygens (including phenoxy) is 2. The number of benzene rings is 2. The molecule has 9 atom stereocenters. The molecule has 2 aromatic rings. The Bertz CT molecular complexity index is 1940. The zero-order chi connectivity index (χ0) is 48.1. The Balaban J connectivity index is 1.83. The first-order valence-corrected chi connectivity index (χ1v) is 23.9. The van der Waals surface area contributed by atoms with E-state index in [9.17, 15) is 32.4 Å². The van der Waals surface area contributed by atoms with Crippen molar-refractivity contribution in [3.63, 3.8) is 0 Å². The van der Waals surface area contributed by atoms with Gasteiger partial charge in [0.2, 0.25) is 23.6 Å². The van der Waals surface area contributed by atoms with Gasteiger partial charge in [0, 0.05) is 40.8 Å². The molecule has 1 aliphatic heterocycles. The van der Waals surface area contributed by atoms with E-state index >= 15 is 0 Å². The third-order valence-corrected chi connectivity index (χ3v) is 13.9. The molecule has 1 heterocycles. The summed E-state index contributed by atoms with van der Waals surface area (Å²) in [4.78, 5) is 75.1. The Hall–Kier alpha value is -4.42. The van der Waals surface area contributed by atoms with Gasteiger partial charge in [0.05, 0.1) is 47.6 Å². The lowest BCUT2D eigenvalue weighted by molar-refractivity contribution is -0.148. The van der Waals surface area contributed by atoms with Crippen LogP contribution in [0.25, 0.3) is 0 Å². The molecule has 0 spiro atoms. The summed E-state index contributed by atoms with van der Waals surface area (Å²) < 4.78 is 40.7. The van der Waals surface area contributed by atoms with Crippen molar-refractivity contribution in [1.82, 2.24) is 30.1 Å². The van der Waals surface area contributed by atoms with Crippen LogP contribution in [-0.4, -0.2) is 137 Å². The Morgan fingerprint density at radius 3 is 1.97 bits per heavy atom. The first kappa shape index (κ1) is 53.9. The van der Waals surface area contributed by atoms with Gasteiger partial charge in [-0.05, 0) is 68.0 Å². The molecule has 0 aromatic heterocycles. The predicted molar refractivity (Wildman–Crippen MR) is 247 cm³/mol. The van der Waals surface area contributed by atoms with E-state index in [1.807, 2.05) is 66.6 Å². The van der Waals surface area contributed by atoms with Crippen LogP contribution in [0.2, 0.25) is 0 Å². The van der Waals surface area contributed by atoms with Crippen molar-refractivity contribution in [1.29, 1.82) is 0 Å². The van der Waals surface area contributed by atoms with Gasteiger partial charge in [0.25, 0.3) is 15.9 Å². The maximum atomic E-state index is 14.4. The monoisotopic (exact) mass is 914 g/mol. The summed E-state index contributed by atoms with van der Waals surface area (Å²) in [5.74, 6) is -3.39. The Morgan fingerprint density at radius 2 is 1.45 bits per heavy atom. The van der Waals surface area contributed by atoms with E-state index in [4.69, 9.17) is 15.2 Å². The second-order valence-electron chi connectivity index (χ2n) is 18.0. The van der Waals surface area contributed by atoms with Gasteiger partial charge in [-0.25, -0.2) is 13.1 Å². The number of nitrogens with two attached hydrogens (primary N) is 1. The van der Waals surface area contributed by atoms with Crippen LogP contribution >= 0.6 is 0 Å². The highest BCUT2D eigenvalue weighted by molar-refractivity contribution is 7.90. The van der Waals surface area contributed by atoms with E-state index < -0.39 is 70.2 Å². The predicted octanol–water partition coefficient (Wildman–Crippen LogP) is 3.33. The third kappa shape index (κ3) is 14.0. The highest BCUT2D eigenvalue weighted by atomic mass is 32.2. The Labute approximate surface area is 381 Å². The fourth-order valence-electron chi connectivity index (χ4n) is 8.84. The zero-order valence-electron chi connectivity index (χ0n) is 40.0. The molecule has 1 aliphatic rings. The van der Waals surface area contributed by atoms with E-state index in [1.54, 1.807) is 60.2 Å². The summed E-state index contributed by atoms with van der Waals surface area (Å²) in [5.41, 5.74) is 7.08. The number of methoxy groups -OCH3 is 2. The number of carbonyl (C=O) groups is 5. The Kier molecular flexibility index (Phi) is 20.9. The number of likely N-dealkylation sites (tertiary alicyclic amines) is 1. The minimum atomic E-state index is -4.30. The van der Waals surface area contributed by atoms with Crippen molar-refractivity contribution in [3.05, 3.63) is 65.7 Å². The average molecular weight is 914 g/mol. The number of rotatable bonds is 24. The fourth-order valence-corrected chi connectivity index (χ4v) is 9.86. The van der Waals surface area contributed by atoms with Crippen molar-refractivity contribution >= 4 is 39.6 Å². The molecule has 2 aromatic carbocycles. The third-order valence-electron chi connectivity index (χ3n) is 12.6. The molecule has 3 rings (SSSR count). The minimum Gasteiger partial charge on any atom is -0.379 e. The number of carbonyl (C=O) groups excluding carboxylic acids is 5. The van der Waals surface area contributed by atoms with Crippen molar-refractivity contribution in [2.45, 2.75) is 134 Å². The van der Waals surface area contributed by atoms with Crippen molar-refractivity contribution in [2.24, 2.45) is 29.4 Å².